The summed E-state index contributed by atoms with van der Waals surface area (Å²) in [5, 5.41) is 1.02. The van der Waals surface area contributed by atoms with Crippen molar-refractivity contribution in [2.75, 3.05) is 25.7 Å². The molecule has 0 spiro atoms. The lowest BCUT2D eigenvalue weighted by molar-refractivity contribution is 0.0476. The zero-order valence-electron chi connectivity index (χ0n) is 15.7. The summed E-state index contributed by atoms with van der Waals surface area (Å²) in [7, 11) is 2.75. The molecule has 0 aliphatic carbocycles. The highest BCUT2D eigenvalue weighted by atomic mass is 32.1. The van der Waals surface area contributed by atoms with E-state index in [0.717, 1.165) is 15.6 Å². The average Bonchev–Trinajstić information content (AvgIpc) is 3.07. The second-order valence-electron chi connectivity index (χ2n) is 6.10. The van der Waals surface area contributed by atoms with Crippen LogP contribution in [0.15, 0.2) is 48.5 Å². The van der Waals surface area contributed by atoms with Gasteiger partial charge in [-0.1, -0.05) is 30.3 Å². The standard InChI is InChI=1S/C21H19NO5S/c1-13-14-8-5-7-11-18(14)28-19(13)17(23)12-27-20(24)15-9-4-6-10-16(15)22(2)21(25)26-3/h4-11H,12H2,1-3H3. The summed E-state index contributed by atoms with van der Waals surface area (Å²) in [5.41, 5.74) is 1.40. The number of thiophene rings is 1. The molecule has 1 aromatic heterocycles. The van der Waals surface area contributed by atoms with Gasteiger partial charge in [-0.05, 0) is 36.1 Å². The maximum atomic E-state index is 12.6. The molecule has 28 heavy (non-hydrogen) atoms. The number of carbonyl (C=O) groups excluding carboxylic acids is 3. The molecule has 2 aromatic carbocycles. The molecule has 0 bridgehead atoms. The van der Waals surface area contributed by atoms with Crippen molar-refractivity contribution in [2.24, 2.45) is 0 Å². The number of amides is 1. The van der Waals surface area contributed by atoms with Gasteiger partial charge in [-0.3, -0.25) is 9.69 Å². The van der Waals surface area contributed by atoms with Crippen molar-refractivity contribution in [1.29, 1.82) is 0 Å². The van der Waals surface area contributed by atoms with Crippen LogP contribution in [0.2, 0.25) is 0 Å². The largest absolute Gasteiger partial charge is 0.454 e. The number of rotatable bonds is 5. The molecule has 1 amide bonds. The zero-order valence-corrected chi connectivity index (χ0v) is 16.5. The minimum Gasteiger partial charge on any atom is -0.454 e. The van der Waals surface area contributed by atoms with Crippen molar-refractivity contribution in [3.63, 3.8) is 0 Å². The Bertz CT molecular complexity index is 1060. The summed E-state index contributed by atoms with van der Waals surface area (Å²) in [6.07, 6.45) is -0.614. The summed E-state index contributed by atoms with van der Waals surface area (Å²) in [5.74, 6) is -0.940. The number of anilines is 1. The van der Waals surface area contributed by atoms with Gasteiger partial charge in [0.15, 0.2) is 6.61 Å². The molecule has 0 atom stereocenters. The Kier molecular flexibility index (Phi) is 5.75. The van der Waals surface area contributed by atoms with Crippen LogP contribution in [0.3, 0.4) is 0 Å². The third kappa shape index (κ3) is 3.75. The number of aryl methyl sites for hydroxylation is 1. The van der Waals surface area contributed by atoms with Crippen molar-refractivity contribution in [1.82, 2.24) is 0 Å². The smallest absolute Gasteiger partial charge is 0.413 e. The van der Waals surface area contributed by atoms with Crippen molar-refractivity contribution in [2.45, 2.75) is 6.92 Å². The lowest BCUT2D eigenvalue weighted by atomic mass is 10.1. The van der Waals surface area contributed by atoms with Crippen LogP contribution < -0.4 is 4.90 Å². The number of nitrogens with zero attached hydrogens (tertiary/aromatic N) is 1. The van der Waals surface area contributed by atoms with Crippen LogP contribution in [0.1, 0.15) is 25.6 Å². The van der Waals surface area contributed by atoms with E-state index in [-0.39, 0.29) is 18.0 Å². The highest BCUT2D eigenvalue weighted by Crippen LogP contribution is 2.31. The number of benzene rings is 2. The number of hydrogen-bond acceptors (Lipinski definition) is 6. The molecule has 0 aliphatic rings. The minimum atomic E-state index is -0.682. The van der Waals surface area contributed by atoms with Gasteiger partial charge in [-0.15, -0.1) is 11.3 Å². The third-order valence-electron chi connectivity index (χ3n) is 4.37. The van der Waals surface area contributed by atoms with Gasteiger partial charge in [0.25, 0.3) is 0 Å². The summed E-state index contributed by atoms with van der Waals surface area (Å²) >= 11 is 1.38. The third-order valence-corrected chi connectivity index (χ3v) is 5.68. The second kappa shape index (κ2) is 8.22. The number of ketones is 1. The first-order valence-corrected chi connectivity index (χ1v) is 9.34. The first-order chi connectivity index (χ1) is 13.4. The molecular formula is C21H19NO5S. The monoisotopic (exact) mass is 397 g/mol. The van der Waals surface area contributed by atoms with Crippen LogP contribution in [0.4, 0.5) is 10.5 Å². The molecule has 0 aliphatic heterocycles. The number of methoxy groups -OCH3 is 1. The predicted octanol–water partition coefficient (Wildman–Crippen LogP) is 4.45. The lowest BCUT2D eigenvalue weighted by Gasteiger charge is -2.18. The quantitative estimate of drug-likeness (QED) is 0.470. The molecule has 144 valence electrons. The average molecular weight is 397 g/mol. The molecule has 0 radical (unpaired) electrons. The topological polar surface area (TPSA) is 72.9 Å². The maximum Gasteiger partial charge on any atom is 0.413 e. The molecule has 6 nitrogen and oxygen atoms in total. The SMILES string of the molecule is COC(=O)N(C)c1ccccc1C(=O)OCC(=O)c1sc2ccccc2c1C. The van der Waals surface area contributed by atoms with Gasteiger partial charge >= 0.3 is 12.1 Å². The number of para-hydroxylation sites is 1. The maximum absolute atomic E-state index is 12.6. The highest BCUT2D eigenvalue weighted by Gasteiger charge is 2.22. The predicted molar refractivity (Wildman–Crippen MR) is 108 cm³/mol. The van der Waals surface area contributed by atoms with Crippen LogP contribution in [0.25, 0.3) is 10.1 Å². The molecule has 3 aromatic rings. The highest BCUT2D eigenvalue weighted by molar-refractivity contribution is 7.21. The molecule has 1 heterocycles. The molecule has 7 heteroatoms. The van der Waals surface area contributed by atoms with E-state index in [1.807, 2.05) is 31.2 Å². The molecule has 0 unspecified atom stereocenters. The Hall–Kier alpha value is -3.19. The Balaban J connectivity index is 1.76. The van der Waals surface area contributed by atoms with E-state index in [0.29, 0.717) is 10.6 Å². The van der Waals surface area contributed by atoms with Gasteiger partial charge in [0, 0.05) is 11.7 Å². The second-order valence-corrected chi connectivity index (χ2v) is 7.15. The normalized spacial score (nSPS) is 10.5. The number of ether oxygens (including phenoxy) is 2. The Morgan fingerprint density at radius 3 is 2.43 bits per heavy atom. The van der Waals surface area contributed by atoms with Crippen LogP contribution in [-0.2, 0) is 9.47 Å². The van der Waals surface area contributed by atoms with Crippen LogP contribution in [-0.4, -0.2) is 38.6 Å². The summed E-state index contributed by atoms with van der Waals surface area (Å²) in [4.78, 5) is 38.7. The fourth-order valence-corrected chi connectivity index (χ4v) is 4.02. The van der Waals surface area contributed by atoms with E-state index in [1.54, 1.807) is 18.2 Å². The van der Waals surface area contributed by atoms with Crippen molar-refractivity contribution < 1.29 is 23.9 Å². The van der Waals surface area contributed by atoms with Gasteiger partial charge in [0.1, 0.15) is 0 Å². The van der Waals surface area contributed by atoms with Gasteiger partial charge in [0.2, 0.25) is 5.78 Å². The first-order valence-electron chi connectivity index (χ1n) is 8.53. The van der Waals surface area contributed by atoms with E-state index in [1.165, 1.54) is 36.5 Å². The van der Waals surface area contributed by atoms with Crippen LogP contribution in [0, 0.1) is 6.92 Å². The lowest BCUT2D eigenvalue weighted by Crippen LogP contribution is -2.28. The minimum absolute atomic E-state index is 0.177. The van der Waals surface area contributed by atoms with Gasteiger partial charge in [-0.2, -0.15) is 0 Å². The first kappa shape index (κ1) is 19.6. The molecule has 0 saturated heterocycles. The van der Waals surface area contributed by atoms with Gasteiger partial charge in [0.05, 0.1) is 23.2 Å². The van der Waals surface area contributed by atoms with Crippen molar-refractivity contribution in [3.8, 4) is 0 Å². The number of hydrogen-bond donors (Lipinski definition) is 0. The summed E-state index contributed by atoms with van der Waals surface area (Å²) in [6, 6.07) is 14.2. The fraction of sp³-hybridized carbons (Fsp3) is 0.190. The van der Waals surface area contributed by atoms with E-state index in [9.17, 15) is 14.4 Å². The Morgan fingerprint density at radius 2 is 1.71 bits per heavy atom. The van der Waals surface area contributed by atoms with E-state index in [2.05, 4.69) is 4.74 Å². The number of esters is 1. The van der Waals surface area contributed by atoms with E-state index < -0.39 is 12.1 Å². The van der Waals surface area contributed by atoms with E-state index >= 15 is 0 Å². The van der Waals surface area contributed by atoms with Crippen LogP contribution >= 0.6 is 11.3 Å². The molecule has 0 fully saturated rings. The van der Waals surface area contributed by atoms with E-state index in [4.69, 9.17) is 4.74 Å². The zero-order chi connectivity index (χ0) is 20.3. The van der Waals surface area contributed by atoms with Gasteiger partial charge < -0.3 is 9.47 Å². The summed E-state index contributed by atoms with van der Waals surface area (Å²) in [6.45, 7) is 1.51. The van der Waals surface area contributed by atoms with Gasteiger partial charge in [-0.25, -0.2) is 9.59 Å². The molecular weight excluding hydrogens is 378 g/mol. The molecule has 3 rings (SSSR count). The Labute approximate surface area is 166 Å². The molecule has 0 saturated carbocycles. The summed E-state index contributed by atoms with van der Waals surface area (Å²) < 4.78 is 10.9. The molecule has 0 N–H and O–H groups in total. The van der Waals surface area contributed by atoms with Crippen LogP contribution in [0.5, 0.6) is 0 Å². The Morgan fingerprint density at radius 1 is 1.04 bits per heavy atom. The van der Waals surface area contributed by atoms with Crippen molar-refractivity contribution in [3.05, 3.63) is 64.5 Å². The number of fused-ring (bicyclic) bond motifs is 1. The fourth-order valence-electron chi connectivity index (χ4n) is 2.89. The number of carbonyl (C=O) groups is 3. The van der Waals surface area contributed by atoms with Crippen molar-refractivity contribution >= 4 is 45.0 Å². The number of Topliss-reactive ketones (excluding diaryl/α,β-unsaturated/α-hetero) is 1.